The average Bonchev–Trinajstić information content (AvgIpc) is 2.98. The second kappa shape index (κ2) is 8.15. The van der Waals surface area contributed by atoms with Gasteiger partial charge in [0, 0.05) is 21.9 Å². The number of benzene rings is 2. The maximum Gasteiger partial charge on any atom is 0.268 e. The van der Waals surface area contributed by atoms with Gasteiger partial charge in [0.25, 0.3) is 10.0 Å². The van der Waals surface area contributed by atoms with E-state index in [9.17, 15) is 8.42 Å². The summed E-state index contributed by atoms with van der Waals surface area (Å²) in [5.74, 6) is 0. The fourth-order valence-corrected chi connectivity index (χ4v) is 5.01. The molecule has 0 aliphatic heterocycles. The number of fused-ring (bicyclic) bond motifs is 1. The van der Waals surface area contributed by atoms with E-state index in [0.717, 1.165) is 47.5 Å². The quantitative estimate of drug-likeness (QED) is 0.327. The van der Waals surface area contributed by atoms with E-state index in [4.69, 9.17) is 11.6 Å². The highest BCUT2D eigenvalue weighted by atomic mass is 79.9. The molecule has 0 unspecified atom stereocenters. The van der Waals surface area contributed by atoms with Gasteiger partial charge in [0.15, 0.2) is 0 Å². The SMILES string of the molecule is Cc1ccc(S(=O)(=O)n2cc(CCCCCBr)c3cc(Cl)ccc32)cc1. The smallest absolute Gasteiger partial charge is 0.241 e. The second-order valence-corrected chi connectivity index (χ2v) is 9.47. The maximum absolute atomic E-state index is 13.2. The van der Waals surface area contributed by atoms with Crippen molar-refractivity contribution in [3.05, 3.63) is 64.8 Å². The van der Waals surface area contributed by atoms with E-state index in [1.165, 1.54) is 3.97 Å². The summed E-state index contributed by atoms with van der Waals surface area (Å²) in [6.07, 6.45) is 5.82. The van der Waals surface area contributed by atoms with Gasteiger partial charge in [-0.3, -0.25) is 0 Å². The molecule has 138 valence electrons. The lowest BCUT2D eigenvalue weighted by Gasteiger charge is -2.08. The molecule has 1 heterocycles. The molecule has 0 saturated carbocycles. The number of hydrogen-bond donors (Lipinski definition) is 0. The van der Waals surface area contributed by atoms with Crippen molar-refractivity contribution in [2.75, 3.05) is 5.33 Å². The Hall–Kier alpha value is -1.30. The van der Waals surface area contributed by atoms with Crippen LogP contribution >= 0.6 is 27.5 Å². The van der Waals surface area contributed by atoms with Crippen molar-refractivity contribution < 1.29 is 8.42 Å². The van der Waals surface area contributed by atoms with Crippen LogP contribution in [0.3, 0.4) is 0 Å². The molecule has 3 rings (SSSR count). The Labute approximate surface area is 168 Å². The molecule has 1 aromatic heterocycles. The summed E-state index contributed by atoms with van der Waals surface area (Å²) in [6.45, 7) is 1.94. The Bertz CT molecular complexity index is 1010. The van der Waals surface area contributed by atoms with Gasteiger partial charge in [-0.25, -0.2) is 12.4 Å². The van der Waals surface area contributed by atoms with Crippen LogP contribution in [-0.2, 0) is 16.4 Å². The lowest BCUT2D eigenvalue weighted by Crippen LogP contribution is -2.11. The van der Waals surface area contributed by atoms with Gasteiger partial charge in [-0.2, -0.15) is 0 Å². The van der Waals surface area contributed by atoms with Crippen LogP contribution in [0.15, 0.2) is 53.6 Å². The molecule has 0 spiro atoms. The van der Waals surface area contributed by atoms with E-state index in [0.29, 0.717) is 15.4 Å². The Kier molecular flexibility index (Phi) is 6.10. The van der Waals surface area contributed by atoms with Crippen LogP contribution in [-0.4, -0.2) is 17.7 Å². The number of rotatable bonds is 7. The number of aryl methyl sites for hydroxylation is 2. The third-order valence-electron chi connectivity index (χ3n) is 4.47. The highest BCUT2D eigenvalue weighted by Crippen LogP contribution is 2.29. The molecule has 0 N–H and O–H groups in total. The Morgan fingerprint density at radius 3 is 2.46 bits per heavy atom. The van der Waals surface area contributed by atoms with Gasteiger partial charge in [0.1, 0.15) is 0 Å². The van der Waals surface area contributed by atoms with Gasteiger partial charge in [-0.15, -0.1) is 0 Å². The van der Waals surface area contributed by atoms with E-state index >= 15 is 0 Å². The topological polar surface area (TPSA) is 39.1 Å². The fourth-order valence-electron chi connectivity index (χ4n) is 3.05. The Morgan fingerprint density at radius 1 is 1.04 bits per heavy atom. The van der Waals surface area contributed by atoms with Crippen LogP contribution in [0.5, 0.6) is 0 Å². The van der Waals surface area contributed by atoms with Gasteiger partial charge < -0.3 is 0 Å². The number of halogens is 2. The first-order valence-corrected chi connectivity index (χ1v) is 11.5. The molecular weight excluding hydrogens is 434 g/mol. The summed E-state index contributed by atoms with van der Waals surface area (Å²) in [5.41, 5.74) is 2.72. The summed E-state index contributed by atoms with van der Waals surface area (Å²) < 4.78 is 27.7. The fraction of sp³-hybridized carbons (Fsp3) is 0.300. The minimum Gasteiger partial charge on any atom is -0.241 e. The molecule has 0 fully saturated rings. The highest BCUT2D eigenvalue weighted by molar-refractivity contribution is 9.09. The number of hydrogen-bond acceptors (Lipinski definition) is 2. The van der Waals surface area contributed by atoms with Gasteiger partial charge in [-0.05, 0) is 62.1 Å². The van der Waals surface area contributed by atoms with Crippen LogP contribution in [0.2, 0.25) is 5.02 Å². The molecule has 0 atom stereocenters. The summed E-state index contributed by atoms with van der Waals surface area (Å²) in [5, 5.41) is 2.51. The lowest BCUT2D eigenvalue weighted by atomic mass is 10.1. The minimum absolute atomic E-state index is 0.292. The Balaban J connectivity index is 2.06. The standard InChI is InChI=1S/C20H21BrClNO2S/c1-15-6-9-18(10-7-15)26(24,25)23-14-16(5-3-2-4-12-21)19-13-17(22)8-11-20(19)23/h6-11,13-14H,2-5,12H2,1H3. The first-order chi connectivity index (χ1) is 12.4. The number of unbranched alkanes of at least 4 members (excludes halogenated alkanes) is 2. The minimum atomic E-state index is -3.64. The lowest BCUT2D eigenvalue weighted by molar-refractivity contribution is 0.589. The number of alkyl halides is 1. The molecule has 0 bridgehead atoms. The van der Waals surface area contributed by atoms with Crippen LogP contribution in [0, 0.1) is 6.92 Å². The molecule has 3 aromatic rings. The largest absolute Gasteiger partial charge is 0.268 e. The van der Waals surface area contributed by atoms with Crippen molar-refractivity contribution in [2.24, 2.45) is 0 Å². The van der Waals surface area contributed by atoms with E-state index in [1.54, 1.807) is 30.5 Å². The van der Waals surface area contributed by atoms with E-state index in [2.05, 4.69) is 15.9 Å². The van der Waals surface area contributed by atoms with E-state index < -0.39 is 10.0 Å². The van der Waals surface area contributed by atoms with Crippen molar-refractivity contribution in [2.45, 2.75) is 37.5 Å². The van der Waals surface area contributed by atoms with Crippen molar-refractivity contribution in [3.8, 4) is 0 Å². The van der Waals surface area contributed by atoms with Crippen LogP contribution in [0.25, 0.3) is 10.9 Å². The molecule has 0 aliphatic rings. The number of aromatic nitrogens is 1. The summed E-state index contributed by atoms with van der Waals surface area (Å²) >= 11 is 9.61. The predicted molar refractivity (Wildman–Crippen MR) is 112 cm³/mol. The normalized spacial score (nSPS) is 12.0. The summed E-state index contributed by atoms with van der Waals surface area (Å²) in [4.78, 5) is 0.292. The zero-order valence-electron chi connectivity index (χ0n) is 14.6. The Morgan fingerprint density at radius 2 is 1.77 bits per heavy atom. The highest BCUT2D eigenvalue weighted by Gasteiger charge is 2.21. The van der Waals surface area contributed by atoms with Gasteiger partial charge in [0.2, 0.25) is 0 Å². The zero-order chi connectivity index (χ0) is 18.7. The van der Waals surface area contributed by atoms with Gasteiger partial charge in [0.05, 0.1) is 10.4 Å². The van der Waals surface area contributed by atoms with Crippen LogP contribution < -0.4 is 0 Å². The first kappa shape index (κ1) is 19.5. The summed E-state index contributed by atoms with van der Waals surface area (Å²) in [6, 6.07) is 12.3. The third-order valence-corrected chi connectivity index (χ3v) is 6.96. The summed E-state index contributed by atoms with van der Waals surface area (Å²) in [7, 11) is -3.64. The van der Waals surface area contributed by atoms with E-state index in [1.807, 2.05) is 25.1 Å². The third kappa shape index (κ3) is 4.00. The van der Waals surface area contributed by atoms with Gasteiger partial charge in [-0.1, -0.05) is 51.6 Å². The predicted octanol–water partition coefficient (Wildman–Crippen LogP) is 5.95. The van der Waals surface area contributed by atoms with Gasteiger partial charge >= 0.3 is 0 Å². The van der Waals surface area contributed by atoms with Crippen LogP contribution in [0.4, 0.5) is 0 Å². The number of nitrogens with zero attached hydrogens (tertiary/aromatic N) is 1. The van der Waals surface area contributed by atoms with E-state index in [-0.39, 0.29) is 0 Å². The second-order valence-electron chi connectivity index (χ2n) is 6.43. The molecule has 26 heavy (non-hydrogen) atoms. The van der Waals surface area contributed by atoms with Crippen molar-refractivity contribution >= 4 is 48.5 Å². The molecule has 0 aliphatic carbocycles. The van der Waals surface area contributed by atoms with Crippen molar-refractivity contribution in [3.63, 3.8) is 0 Å². The van der Waals surface area contributed by atoms with Crippen molar-refractivity contribution in [1.82, 2.24) is 3.97 Å². The maximum atomic E-state index is 13.2. The molecule has 0 saturated heterocycles. The molecule has 0 radical (unpaired) electrons. The molecular formula is C20H21BrClNO2S. The first-order valence-electron chi connectivity index (χ1n) is 8.61. The monoisotopic (exact) mass is 453 g/mol. The molecule has 3 nitrogen and oxygen atoms in total. The van der Waals surface area contributed by atoms with Crippen molar-refractivity contribution in [1.29, 1.82) is 0 Å². The molecule has 0 amide bonds. The molecule has 6 heteroatoms. The molecule has 2 aromatic carbocycles. The average molecular weight is 455 g/mol. The zero-order valence-corrected chi connectivity index (χ0v) is 17.7. The van der Waals surface area contributed by atoms with Crippen LogP contribution in [0.1, 0.15) is 30.4 Å².